The van der Waals surface area contributed by atoms with Gasteiger partial charge in [-0.05, 0) is 6.07 Å². The number of amides is 1. The molecule has 1 amide bonds. The first-order valence-electron chi connectivity index (χ1n) is 14.5. The van der Waals surface area contributed by atoms with Crippen LogP contribution in [0.25, 0.3) is 22.2 Å². The minimum absolute atomic E-state index is 0.0327. The second-order valence-corrected chi connectivity index (χ2v) is 14.5. The first-order valence-corrected chi connectivity index (χ1v) is 17.7. The number of aryl methyl sites for hydroxylation is 1. The van der Waals surface area contributed by atoms with Crippen LogP contribution in [0.15, 0.2) is 24.9 Å². The van der Waals surface area contributed by atoms with E-state index < -0.39 is 77.4 Å². The van der Waals surface area contributed by atoms with Crippen LogP contribution >= 0.6 is 14.9 Å². The van der Waals surface area contributed by atoms with Gasteiger partial charge in [-0.1, -0.05) is 0 Å². The van der Waals surface area contributed by atoms with E-state index >= 15 is 8.78 Å². The third kappa shape index (κ3) is 5.44. The predicted molar refractivity (Wildman–Crippen MR) is 160 cm³/mol. The summed E-state index contributed by atoms with van der Waals surface area (Å²) in [5, 5.41) is 7.72. The zero-order chi connectivity index (χ0) is 33.5. The van der Waals surface area contributed by atoms with E-state index in [1.165, 1.54) is 17.1 Å². The highest BCUT2D eigenvalue weighted by Gasteiger charge is 2.54. The highest BCUT2D eigenvalue weighted by Crippen LogP contribution is 2.54. The molecule has 10 atom stereocenters. The summed E-state index contributed by atoms with van der Waals surface area (Å²) in [7, 11) is 2.50. The Morgan fingerprint density at radius 3 is 2.29 bits per heavy atom. The number of imidazole rings is 1. The zero-order valence-electron chi connectivity index (χ0n) is 24.4. The number of halogens is 2. The zero-order valence-corrected chi connectivity index (χ0v) is 26.2. The Hall–Kier alpha value is -3.35. The average molecular weight is 703 g/mol. The van der Waals surface area contributed by atoms with Crippen molar-refractivity contribution in [1.29, 1.82) is 0 Å². The highest BCUT2D eigenvalue weighted by molar-refractivity contribution is 7.79. The highest BCUT2D eigenvalue weighted by atomic mass is 31.2. The fourth-order valence-corrected chi connectivity index (χ4v) is 8.19. The number of aromatic nitrogens is 7. The first kappa shape index (κ1) is 31.9. The molecular formula is C24H23B2F2N9O9P2. The molecule has 8 heterocycles. The van der Waals surface area contributed by atoms with Crippen LogP contribution in [0.5, 0.6) is 0 Å². The number of hydrogen-bond donors (Lipinski definition) is 2. The van der Waals surface area contributed by atoms with Crippen molar-refractivity contribution in [2.45, 2.75) is 62.1 Å². The van der Waals surface area contributed by atoms with Gasteiger partial charge in [-0.15, -0.1) is 0 Å². The third-order valence-corrected chi connectivity index (χ3v) is 10.4. The summed E-state index contributed by atoms with van der Waals surface area (Å²) in [6.07, 6.45) is -9.42. The monoisotopic (exact) mass is 703 g/mol. The van der Waals surface area contributed by atoms with Gasteiger partial charge in [0.1, 0.15) is 36.3 Å². The van der Waals surface area contributed by atoms with Crippen molar-refractivity contribution in [3.63, 3.8) is 0 Å². The van der Waals surface area contributed by atoms with Gasteiger partial charge in [0.25, 0.3) is 14.9 Å². The van der Waals surface area contributed by atoms with Gasteiger partial charge in [0.05, 0.1) is 36.3 Å². The van der Waals surface area contributed by atoms with Gasteiger partial charge >= 0.3 is 0 Å². The van der Waals surface area contributed by atoms with Gasteiger partial charge in [0.2, 0.25) is 21.0 Å². The van der Waals surface area contributed by atoms with Crippen molar-refractivity contribution in [2.24, 2.45) is 0 Å². The van der Waals surface area contributed by atoms with Gasteiger partial charge in [-0.3, -0.25) is 18.5 Å². The van der Waals surface area contributed by atoms with Crippen LogP contribution in [-0.4, -0.2) is 105 Å². The van der Waals surface area contributed by atoms with Crippen molar-refractivity contribution < 1.29 is 50.3 Å². The van der Waals surface area contributed by atoms with Crippen molar-refractivity contribution in [3.8, 4) is 0 Å². The molecule has 18 nitrogen and oxygen atoms in total. The normalized spacial score (nSPS) is 37.3. The molecule has 48 heavy (non-hydrogen) atoms. The molecule has 0 saturated carbocycles. The van der Waals surface area contributed by atoms with Crippen LogP contribution in [0, 0.1) is 0 Å². The average Bonchev–Trinajstić information content (AvgIpc) is 3.75. The second-order valence-electron chi connectivity index (χ2n) is 11.4. The van der Waals surface area contributed by atoms with Crippen molar-refractivity contribution in [2.75, 3.05) is 24.3 Å². The van der Waals surface area contributed by atoms with E-state index in [-0.39, 0.29) is 41.4 Å². The smallest absolute Gasteiger partial charge is 0.264 e. The quantitative estimate of drug-likeness (QED) is 0.224. The molecule has 4 unspecified atom stereocenters. The van der Waals surface area contributed by atoms with Gasteiger partial charge in [-0.25, -0.2) is 33.4 Å². The number of nitrogen functional groups attached to an aromatic ring is 1. The van der Waals surface area contributed by atoms with Crippen LogP contribution in [0.2, 0.25) is 0 Å². The SMILES string of the molecule is [B]P1(=O)OC[C@H]2O[C@@H](n3cnc4c(N)ncnc43)C(F)[C@H]2OP([B])(=O)OC[C@H]2O[C@@H](n3nc4c5c(ccnc53)NC(=O)CC4)[C@@H](F)C2O1. The molecule has 4 aromatic heterocycles. The maximum absolute atomic E-state index is 16.3. The lowest BCUT2D eigenvalue weighted by molar-refractivity contribution is -0.116. The minimum atomic E-state index is -4.63. The van der Waals surface area contributed by atoms with E-state index in [1.54, 1.807) is 6.07 Å². The number of anilines is 2. The maximum Gasteiger partial charge on any atom is 0.264 e. The number of alkyl halides is 2. The van der Waals surface area contributed by atoms with Gasteiger partial charge in [0.15, 0.2) is 41.9 Å². The van der Waals surface area contributed by atoms with E-state index in [0.717, 1.165) is 11.0 Å². The largest absolute Gasteiger partial charge is 0.382 e. The summed E-state index contributed by atoms with van der Waals surface area (Å²) in [6.45, 7) is -1.47. The predicted octanol–water partition coefficient (Wildman–Crippen LogP) is 1.58. The topological polar surface area (TPSA) is 219 Å². The van der Waals surface area contributed by atoms with E-state index in [2.05, 4.69) is 30.4 Å². The van der Waals surface area contributed by atoms with Crippen molar-refractivity contribution in [1.82, 2.24) is 34.3 Å². The minimum Gasteiger partial charge on any atom is -0.382 e. The molecule has 0 aliphatic carbocycles. The maximum atomic E-state index is 16.3. The molecule has 3 N–H and O–H groups in total. The molecule has 4 aliphatic rings. The summed E-state index contributed by atoms with van der Waals surface area (Å²) in [5.41, 5.74) is 7.20. The van der Waals surface area contributed by atoms with Gasteiger partial charge in [0, 0.05) is 19.0 Å². The number of carbonyl (C=O) groups excluding carboxylic acids is 1. The summed E-state index contributed by atoms with van der Waals surface area (Å²) in [4.78, 5) is 28.4. The van der Waals surface area contributed by atoms with Crippen molar-refractivity contribution in [3.05, 3.63) is 30.6 Å². The van der Waals surface area contributed by atoms with Gasteiger partial charge < -0.3 is 38.6 Å². The lowest BCUT2D eigenvalue weighted by Gasteiger charge is -2.29. The van der Waals surface area contributed by atoms with E-state index in [1.807, 2.05) is 0 Å². The lowest BCUT2D eigenvalue weighted by atomic mass is 10.1. The van der Waals surface area contributed by atoms with E-state index in [4.69, 9.17) is 48.4 Å². The summed E-state index contributed by atoms with van der Waals surface area (Å²) < 4.78 is 94.7. The molecule has 0 spiro atoms. The van der Waals surface area contributed by atoms with E-state index in [9.17, 15) is 13.9 Å². The van der Waals surface area contributed by atoms with Crippen LogP contribution < -0.4 is 11.1 Å². The fourth-order valence-electron chi connectivity index (χ4n) is 6.18. The van der Waals surface area contributed by atoms with Gasteiger partial charge in [-0.2, -0.15) is 5.10 Å². The number of rotatable bonds is 2. The third-order valence-electron chi connectivity index (χ3n) is 8.34. The van der Waals surface area contributed by atoms with Crippen LogP contribution in [0.4, 0.5) is 20.3 Å². The first-order chi connectivity index (χ1) is 22.9. The molecule has 3 fully saturated rings. The fraction of sp³-hybridized carbons (Fsp3) is 0.500. The summed E-state index contributed by atoms with van der Waals surface area (Å²) in [6, 6.07) is 1.58. The number of ether oxygens (including phenoxy) is 2. The number of nitrogens with zero attached hydrogens (tertiary/aromatic N) is 7. The molecule has 248 valence electrons. The molecule has 4 radical (unpaired) electrons. The molecular weight excluding hydrogens is 680 g/mol. The Kier molecular flexibility index (Phi) is 7.72. The number of nitrogens with one attached hydrogen (secondary N) is 1. The van der Waals surface area contributed by atoms with Crippen molar-refractivity contribution >= 4 is 69.7 Å². The Morgan fingerprint density at radius 2 is 1.58 bits per heavy atom. The molecule has 4 aliphatic heterocycles. The molecule has 24 heteroatoms. The lowest BCUT2D eigenvalue weighted by Crippen LogP contribution is -2.37. The summed E-state index contributed by atoms with van der Waals surface area (Å²) in [5.74, 6) is -0.188. The Bertz CT molecular complexity index is 2040. The number of hydrogen-bond acceptors (Lipinski definition) is 15. The standard InChI is InChI=1S/C24H23B2F2N9O9P2/c25-47(39)42-6-12-19(16(28)24(44-12)37-21-14-9(3-4-30-21)34-13(38)2-1-10(14)35-37)46-48(26,40)41-5-11-18(45-47)15(27)23(43-11)36-8-33-17-20(29)31-7-32-22(17)36/h3-4,7-8,11-12,15-16,18-19,23-24H,1-2,5-6H2,(H,34,38)(H2,29,31,32)/t11-,12-,15?,16+,18+,19?,23-,24-,47?,48?/m1/s1. The molecule has 0 aromatic carbocycles. The van der Waals surface area contributed by atoms with Crippen LogP contribution in [0.1, 0.15) is 24.6 Å². The molecule has 3 saturated heterocycles. The van der Waals surface area contributed by atoms with Crippen LogP contribution in [-0.2, 0) is 47.9 Å². The van der Waals surface area contributed by atoms with E-state index in [0.29, 0.717) is 16.8 Å². The Morgan fingerprint density at radius 1 is 0.917 bits per heavy atom. The molecule has 0 bridgehead atoms. The molecule has 8 rings (SSSR count). The number of nitrogens with two attached hydrogens (primary N) is 1. The number of fused-ring (bicyclic) bond motifs is 3. The van der Waals surface area contributed by atoms with Crippen LogP contribution in [0.3, 0.4) is 0 Å². The summed E-state index contributed by atoms with van der Waals surface area (Å²) >= 11 is 0. The second kappa shape index (κ2) is 11.6. The number of pyridine rings is 1. The Balaban J connectivity index is 1.08. The Labute approximate surface area is 271 Å². The number of carbonyl (C=O) groups is 1. The molecule has 4 aromatic rings.